The summed E-state index contributed by atoms with van der Waals surface area (Å²) in [5.74, 6) is 0.454. The van der Waals surface area contributed by atoms with Crippen LogP contribution >= 0.6 is 15.9 Å². The van der Waals surface area contributed by atoms with Crippen LogP contribution in [0.4, 0.5) is 0 Å². The minimum Gasteiger partial charge on any atom is -0.270 e. The first kappa shape index (κ1) is 13.5. The van der Waals surface area contributed by atoms with Crippen molar-refractivity contribution in [3.63, 3.8) is 0 Å². The molecule has 1 aliphatic rings. The minimum atomic E-state index is -3.48. The second-order valence-corrected chi connectivity index (χ2v) is 6.34. The molecule has 0 aliphatic carbocycles. The molecule has 0 amide bonds. The molecule has 2 rings (SSSR count). The highest BCUT2D eigenvalue weighted by Gasteiger charge is 2.33. The highest BCUT2D eigenvalue weighted by molar-refractivity contribution is 9.10. The SMILES string of the molecule is CCCN=C1NS(=O)(=O)NC1c1cccc(Br)c1. The number of nitrogens with zero attached hydrogens (tertiary/aromatic N) is 1. The largest absolute Gasteiger partial charge is 0.301 e. The highest BCUT2D eigenvalue weighted by Crippen LogP contribution is 2.22. The minimum absolute atomic E-state index is 0.431. The van der Waals surface area contributed by atoms with Gasteiger partial charge in [0, 0.05) is 11.0 Å². The standard InChI is InChI=1S/C11H14BrN3O2S/c1-2-6-13-11-10(14-18(16,17)15-11)8-4-3-5-9(12)7-8/h3-5,7,10,14H,2,6H2,1H3,(H,13,15). The molecule has 18 heavy (non-hydrogen) atoms. The number of aliphatic imine (C=N–C) groups is 1. The third kappa shape index (κ3) is 3.09. The van der Waals surface area contributed by atoms with E-state index in [4.69, 9.17) is 0 Å². The quantitative estimate of drug-likeness (QED) is 0.885. The van der Waals surface area contributed by atoms with Crippen molar-refractivity contribution in [3.8, 4) is 0 Å². The Morgan fingerprint density at radius 2 is 2.22 bits per heavy atom. The van der Waals surface area contributed by atoms with Crippen molar-refractivity contribution in [2.24, 2.45) is 4.99 Å². The highest BCUT2D eigenvalue weighted by atomic mass is 79.9. The van der Waals surface area contributed by atoms with E-state index >= 15 is 0 Å². The Kier molecular flexibility index (Phi) is 4.04. The lowest BCUT2D eigenvalue weighted by molar-refractivity contribution is 0.583. The molecule has 98 valence electrons. The average Bonchev–Trinajstić information content (AvgIpc) is 2.62. The number of hydrogen-bond acceptors (Lipinski definition) is 3. The molecule has 0 radical (unpaired) electrons. The molecule has 1 aromatic rings. The number of halogens is 1. The van der Waals surface area contributed by atoms with Gasteiger partial charge in [-0.25, -0.2) is 0 Å². The van der Waals surface area contributed by atoms with Gasteiger partial charge in [-0.3, -0.25) is 9.71 Å². The van der Waals surface area contributed by atoms with Crippen molar-refractivity contribution in [2.75, 3.05) is 6.54 Å². The van der Waals surface area contributed by atoms with E-state index in [9.17, 15) is 8.42 Å². The number of benzene rings is 1. The van der Waals surface area contributed by atoms with Crippen molar-refractivity contribution in [1.29, 1.82) is 0 Å². The Morgan fingerprint density at radius 1 is 1.44 bits per heavy atom. The Bertz CT molecular complexity index is 571. The van der Waals surface area contributed by atoms with E-state index in [-0.39, 0.29) is 0 Å². The normalized spacial score (nSPS) is 24.1. The maximum atomic E-state index is 11.6. The Labute approximate surface area is 115 Å². The van der Waals surface area contributed by atoms with Gasteiger partial charge in [0.15, 0.2) is 0 Å². The lowest BCUT2D eigenvalue weighted by Crippen LogP contribution is -2.24. The first-order valence-electron chi connectivity index (χ1n) is 5.61. The van der Waals surface area contributed by atoms with E-state index < -0.39 is 16.3 Å². The van der Waals surface area contributed by atoms with E-state index in [0.717, 1.165) is 16.5 Å². The number of amidine groups is 1. The lowest BCUT2D eigenvalue weighted by atomic mass is 10.1. The molecule has 1 heterocycles. The molecule has 2 N–H and O–H groups in total. The van der Waals surface area contributed by atoms with Crippen LogP contribution < -0.4 is 9.44 Å². The van der Waals surface area contributed by atoms with E-state index in [1.807, 2.05) is 31.2 Å². The average molecular weight is 332 g/mol. The summed E-state index contributed by atoms with van der Waals surface area (Å²) in [6.45, 7) is 2.60. The third-order valence-electron chi connectivity index (χ3n) is 2.47. The maximum Gasteiger partial charge on any atom is 0.301 e. The fraction of sp³-hybridized carbons (Fsp3) is 0.364. The first-order valence-corrected chi connectivity index (χ1v) is 7.89. The van der Waals surface area contributed by atoms with Gasteiger partial charge >= 0.3 is 10.2 Å². The second kappa shape index (κ2) is 5.38. The van der Waals surface area contributed by atoms with Gasteiger partial charge in [-0.1, -0.05) is 35.0 Å². The van der Waals surface area contributed by atoms with Crippen LogP contribution in [0.1, 0.15) is 24.9 Å². The lowest BCUT2D eigenvalue weighted by Gasteiger charge is -2.09. The molecule has 1 atom stereocenters. The molecular weight excluding hydrogens is 318 g/mol. The summed E-state index contributed by atoms with van der Waals surface area (Å²) in [6, 6.07) is 7.07. The van der Waals surface area contributed by atoms with Gasteiger partial charge in [0.1, 0.15) is 11.9 Å². The maximum absolute atomic E-state index is 11.6. The number of rotatable bonds is 3. The van der Waals surface area contributed by atoms with Gasteiger partial charge in [-0.2, -0.15) is 13.1 Å². The van der Waals surface area contributed by atoms with Crippen molar-refractivity contribution in [2.45, 2.75) is 19.4 Å². The monoisotopic (exact) mass is 331 g/mol. The summed E-state index contributed by atoms with van der Waals surface area (Å²) in [5.41, 5.74) is 0.854. The molecule has 1 saturated heterocycles. The molecule has 1 aliphatic heterocycles. The van der Waals surface area contributed by atoms with Crippen molar-refractivity contribution >= 4 is 32.0 Å². The van der Waals surface area contributed by atoms with E-state index in [2.05, 4.69) is 30.4 Å². The van der Waals surface area contributed by atoms with E-state index in [0.29, 0.717) is 12.4 Å². The van der Waals surface area contributed by atoms with Crippen LogP contribution in [0.2, 0.25) is 0 Å². The molecule has 0 saturated carbocycles. The van der Waals surface area contributed by atoms with Crippen LogP contribution in [0.3, 0.4) is 0 Å². The second-order valence-electron chi connectivity index (χ2n) is 3.98. The van der Waals surface area contributed by atoms with E-state index in [1.165, 1.54) is 0 Å². The van der Waals surface area contributed by atoms with Gasteiger partial charge in [0.2, 0.25) is 0 Å². The molecule has 1 fully saturated rings. The molecule has 7 heteroatoms. The molecule has 1 unspecified atom stereocenters. The molecular formula is C11H14BrN3O2S. The Balaban J connectivity index is 2.35. The van der Waals surface area contributed by atoms with Gasteiger partial charge < -0.3 is 0 Å². The third-order valence-corrected chi connectivity index (χ3v) is 3.99. The summed E-state index contributed by atoms with van der Waals surface area (Å²) >= 11 is 3.37. The topological polar surface area (TPSA) is 70.6 Å². The van der Waals surface area contributed by atoms with Gasteiger partial charge in [-0.05, 0) is 24.1 Å². The van der Waals surface area contributed by atoms with Gasteiger partial charge in [0.25, 0.3) is 0 Å². The predicted octanol–water partition coefficient (Wildman–Crippen LogP) is 1.74. The fourth-order valence-corrected chi connectivity index (χ4v) is 3.20. The Morgan fingerprint density at radius 3 is 2.89 bits per heavy atom. The summed E-state index contributed by atoms with van der Waals surface area (Å²) in [4.78, 5) is 4.27. The zero-order valence-electron chi connectivity index (χ0n) is 9.85. The Hall–Kier alpha value is -0.920. The molecule has 5 nitrogen and oxygen atoms in total. The molecule has 0 aromatic heterocycles. The molecule has 0 bridgehead atoms. The van der Waals surface area contributed by atoms with Gasteiger partial charge in [0.05, 0.1) is 0 Å². The van der Waals surface area contributed by atoms with Crippen LogP contribution in [-0.2, 0) is 10.2 Å². The van der Waals surface area contributed by atoms with Crippen LogP contribution in [0.25, 0.3) is 0 Å². The van der Waals surface area contributed by atoms with Crippen LogP contribution in [0.15, 0.2) is 33.7 Å². The summed E-state index contributed by atoms with van der Waals surface area (Å²) < 4.78 is 29.0. The van der Waals surface area contributed by atoms with Gasteiger partial charge in [-0.15, -0.1) is 0 Å². The zero-order valence-corrected chi connectivity index (χ0v) is 12.3. The number of hydrogen-bond donors (Lipinski definition) is 2. The summed E-state index contributed by atoms with van der Waals surface area (Å²) in [5, 5.41) is 0. The van der Waals surface area contributed by atoms with Crippen molar-refractivity contribution in [3.05, 3.63) is 34.3 Å². The van der Waals surface area contributed by atoms with Crippen LogP contribution in [-0.4, -0.2) is 20.8 Å². The van der Waals surface area contributed by atoms with Crippen molar-refractivity contribution < 1.29 is 8.42 Å². The number of nitrogens with one attached hydrogen (secondary N) is 2. The molecule has 1 aromatic carbocycles. The predicted molar refractivity (Wildman–Crippen MR) is 74.7 cm³/mol. The smallest absolute Gasteiger partial charge is 0.270 e. The van der Waals surface area contributed by atoms with Crippen LogP contribution in [0.5, 0.6) is 0 Å². The van der Waals surface area contributed by atoms with Crippen molar-refractivity contribution in [1.82, 2.24) is 9.44 Å². The first-order chi connectivity index (χ1) is 8.52. The summed E-state index contributed by atoms with van der Waals surface area (Å²) in [7, 11) is -3.48. The summed E-state index contributed by atoms with van der Waals surface area (Å²) in [6.07, 6.45) is 0.871. The van der Waals surface area contributed by atoms with Crippen LogP contribution in [0, 0.1) is 0 Å². The molecule has 0 spiro atoms. The fourth-order valence-electron chi connectivity index (χ4n) is 1.70. The van der Waals surface area contributed by atoms with E-state index in [1.54, 1.807) is 0 Å². The zero-order chi connectivity index (χ0) is 13.2.